The van der Waals surface area contributed by atoms with Gasteiger partial charge in [0.2, 0.25) is 0 Å². The number of hydrogen-bond donors (Lipinski definition) is 0. The standard InChI is InChI=1S/C8H11ClN2O/c1-4-6-7(5(2)12)8(9)11(3)10-6/h4H2,1-3H3. The van der Waals surface area contributed by atoms with Crippen molar-refractivity contribution in [1.82, 2.24) is 9.78 Å². The van der Waals surface area contributed by atoms with Gasteiger partial charge in [-0.25, -0.2) is 0 Å². The van der Waals surface area contributed by atoms with E-state index in [2.05, 4.69) is 5.10 Å². The first kappa shape index (κ1) is 9.26. The molecule has 1 heterocycles. The molecule has 0 aromatic carbocycles. The molecule has 0 amide bonds. The highest BCUT2D eigenvalue weighted by atomic mass is 35.5. The highest BCUT2D eigenvalue weighted by Crippen LogP contribution is 2.19. The second-order valence-corrected chi connectivity index (χ2v) is 3.00. The lowest BCUT2D eigenvalue weighted by Crippen LogP contribution is -1.95. The summed E-state index contributed by atoms with van der Waals surface area (Å²) in [4.78, 5) is 11.1. The van der Waals surface area contributed by atoms with Gasteiger partial charge in [0.15, 0.2) is 5.78 Å². The van der Waals surface area contributed by atoms with Crippen LogP contribution in [0.25, 0.3) is 0 Å². The summed E-state index contributed by atoms with van der Waals surface area (Å²) >= 11 is 5.87. The van der Waals surface area contributed by atoms with Crippen LogP contribution < -0.4 is 0 Å². The Morgan fingerprint density at radius 2 is 2.25 bits per heavy atom. The van der Waals surface area contributed by atoms with Gasteiger partial charge in [-0.15, -0.1) is 0 Å². The number of rotatable bonds is 2. The Morgan fingerprint density at radius 1 is 1.67 bits per heavy atom. The van der Waals surface area contributed by atoms with Gasteiger partial charge < -0.3 is 0 Å². The van der Waals surface area contributed by atoms with Gasteiger partial charge in [0.05, 0.1) is 11.3 Å². The Morgan fingerprint density at radius 3 is 2.58 bits per heavy atom. The molecule has 0 fully saturated rings. The number of halogens is 1. The largest absolute Gasteiger partial charge is 0.294 e. The number of aryl methyl sites for hydroxylation is 2. The van der Waals surface area contributed by atoms with Crippen LogP contribution in [0, 0.1) is 0 Å². The van der Waals surface area contributed by atoms with Gasteiger partial charge in [0.25, 0.3) is 0 Å². The van der Waals surface area contributed by atoms with Crippen molar-refractivity contribution in [2.24, 2.45) is 7.05 Å². The van der Waals surface area contributed by atoms with E-state index in [4.69, 9.17) is 11.6 Å². The molecule has 0 N–H and O–H groups in total. The number of hydrogen-bond acceptors (Lipinski definition) is 2. The first-order valence-electron chi connectivity index (χ1n) is 3.80. The third kappa shape index (κ3) is 1.37. The SMILES string of the molecule is CCc1nn(C)c(Cl)c1C(C)=O. The Hall–Kier alpha value is -0.830. The van der Waals surface area contributed by atoms with Gasteiger partial charge >= 0.3 is 0 Å². The molecule has 0 radical (unpaired) electrons. The van der Waals surface area contributed by atoms with Gasteiger partial charge in [-0.05, 0) is 13.3 Å². The molecule has 12 heavy (non-hydrogen) atoms. The lowest BCUT2D eigenvalue weighted by atomic mass is 10.1. The Labute approximate surface area is 76.3 Å². The minimum atomic E-state index is -0.0232. The molecule has 0 saturated heterocycles. The molecule has 0 aliphatic rings. The van der Waals surface area contributed by atoms with Crippen LogP contribution >= 0.6 is 11.6 Å². The average Bonchev–Trinajstić information content (AvgIpc) is 2.28. The summed E-state index contributed by atoms with van der Waals surface area (Å²) in [6.45, 7) is 3.45. The molecule has 66 valence electrons. The second kappa shape index (κ2) is 3.27. The topological polar surface area (TPSA) is 34.9 Å². The van der Waals surface area contributed by atoms with Gasteiger partial charge in [-0.1, -0.05) is 18.5 Å². The van der Waals surface area contributed by atoms with Crippen LogP contribution in [0.5, 0.6) is 0 Å². The Bertz CT molecular complexity index is 317. The van der Waals surface area contributed by atoms with Crippen LogP contribution in [0.3, 0.4) is 0 Å². The molecular weight excluding hydrogens is 176 g/mol. The van der Waals surface area contributed by atoms with Gasteiger partial charge in [-0.2, -0.15) is 5.10 Å². The molecule has 1 rings (SSSR count). The number of aromatic nitrogens is 2. The van der Waals surface area contributed by atoms with Crippen molar-refractivity contribution in [3.8, 4) is 0 Å². The third-order valence-corrected chi connectivity index (χ3v) is 2.17. The maximum atomic E-state index is 11.1. The van der Waals surface area contributed by atoms with Crippen LogP contribution in [-0.4, -0.2) is 15.6 Å². The normalized spacial score (nSPS) is 10.3. The molecule has 0 saturated carbocycles. The number of Topliss-reactive ketones (excluding diaryl/α,β-unsaturated/α-hetero) is 1. The molecule has 3 nitrogen and oxygen atoms in total. The smallest absolute Gasteiger partial charge is 0.164 e. The molecule has 4 heteroatoms. The van der Waals surface area contributed by atoms with Gasteiger partial charge in [0, 0.05) is 7.05 Å². The zero-order valence-corrected chi connectivity index (χ0v) is 8.14. The summed E-state index contributed by atoms with van der Waals surface area (Å²) in [7, 11) is 1.73. The van der Waals surface area contributed by atoms with Crippen molar-refractivity contribution in [3.05, 3.63) is 16.4 Å². The maximum Gasteiger partial charge on any atom is 0.164 e. The predicted octanol–water partition coefficient (Wildman–Crippen LogP) is 1.84. The highest BCUT2D eigenvalue weighted by molar-refractivity contribution is 6.33. The molecule has 0 spiro atoms. The van der Waals surface area contributed by atoms with E-state index in [-0.39, 0.29) is 5.78 Å². The molecular formula is C8H11ClN2O. The fourth-order valence-electron chi connectivity index (χ4n) is 1.15. The molecule has 1 aromatic rings. The number of carbonyl (C=O) groups is 1. The van der Waals surface area contributed by atoms with Crippen LogP contribution in [0.4, 0.5) is 0 Å². The first-order valence-corrected chi connectivity index (χ1v) is 4.18. The zero-order chi connectivity index (χ0) is 9.30. The van der Waals surface area contributed by atoms with Gasteiger partial charge in [-0.3, -0.25) is 9.48 Å². The van der Waals surface area contributed by atoms with E-state index in [0.717, 1.165) is 12.1 Å². The minimum absolute atomic E-state index is 0.0232. The molecule has 0 aliphatic carbocycles. The number of carbonyl (C=O) groups excluding carboxylic acids is 1. The van der Waals surface area contributed by atoms with Crippen molar-refractivity contribution in [2.75, 3.05) is 0 Å². The van der Waals surface area contributed by atoms with E-state index in [1.165, 1.54) is 11.6 Å². The third-order valence-electron chi connectivity index (χ3n) is 1.74. The van der Waals surface area contributed by atoms with Crippen LogP contribution in [-0.2, 0) is 13.5 Å². The van der Waals surface area contributed by atoms with E-state index in [0.29, 0.717) is 10.7 Å². The summed E-state index contributed by atoms with van der Waals surface area (Å²) in [6, 6.07) is 0. The van der Waals surface area contributed by atoms with E-state index >= 15 is 0 Å². The van der Waals surface area contributed by atoms with Crippen molar-refractivity contribution < 1.29 is 4.79 Å². The summed E-state index contributed by atoms with van der Waals surface area (Å²) in [6.07, 6.45) is 0.732. The van der Waals surface area contributed by atoms with Crippen LogP contribution in [0.15, 0.2) is 0 Å². The molecule has 1 aromatic heterocycles. The summed E-state index contributed by atoms with van der Waals surface area (Å²) in [5, 5.41) is 4.54. The van der Waals surface area contributed by atoms with Crippen molar-refractivity contribution >= 4 is 17.4 Å². The van der Waals surface area contributed by atoms with Crippen molar-refractivity contribution in [1.29, 1.82) is 0 Å². The van der Waals surface area contributed by atoms with E-state index in [1.54, 1.807) is 7.05 Å². The monoisotopic (exact) mass is 186 g/mol. The first-order chi connectivity index (χ1) is 5.57. The fourth-order valence-corrected chi connectivity index (χ4v) is 1.43. The molecule has 0 unspecified atom stereocenters. The fraction of sp³-hybridized carbons (Fsp3) is 0.500. The van der Waals surface area contributed by atoms with Crippen molar-refractivity contribution in [2.45, 2.75) is 20.3 Å². The molecule has 0 bridgehead atoms. The van der Waals surface area contributed by atoms with E-state index < -0.39 is 0 Å². The van der Waals surface area contributed by atoms with Crippen molar-refractivity contribution in [3.63, 3.8) is 0 Å². The maximum absolute atomic E-state index is 11.1. The van der Waals surface area contributed by atoms with Crippen LogP contribution in [0.1, 0.15) is 29.9 Å². The summed E-state index contributed by atoms with van der Waals surface area (Å²) < 4.78 is 1.52. The Balaban J connectivity index is 3.31. The van der Waals surface area contributed by atoms with Gasteiger partial charge in [0.1, 0.15) is 5.15 Å². The van der Waals surface area contributed by atoms with Crippen LogP contribution in [0.2, 0.25) is 5.15 Å². The van der Waals surface area contributed by atoms with E-state index in [1.807, 2.05) is 6.92 Å². The second-order valence-electron chi connectivity index (χ2n) is 2.65. The zero-order valence-electron chi connectivity index (χ0n) is 7.39. The Kier molecular flexibility index (Phi) is 2.52. The average molecular weight is 187 g/mol. The lowest BCUT2D eigenvalue weighted by molar-refractivity contribution is 0.101. The predicted molar refractivity (Wildman–Crippen MR) is 47.6 cm³/mol. The summed E-state index contributed by atoms with van der Waals surface area (Å²) in [5.74, 6) is -0.0232. The quantitative estimate of drug-likeness (QED) is 0.661. The number of nitrogens with zero attached hydrogens (tertiary/aromatic N) is 2. The van der Waals surface area contributed by atoms with E-state index in [9.17, 15) is 4.79 Å². The number of ketones is 1. The lowest BCUT2D eigenvalue weighted by Gasteiger charge is -1.93. The highest BCUT2D eigenvalue weighted by Gasteiger charge is 2.16. The molecule has 0 aliphatic heterocycles. The molecule has 0 atom stereocenters. The summed E-state index contributed by atoms with van der Waals surface area (Å²) in [5.41, 5.74) is 1.33. The minimum Gasteiger partial charge on any atom is -0.294 e.